The highest BCUT2D eigenvalue weighted by Crippen LogP contribution is 2.38. The highest BCUT2D eigenvalue weighted by molar-refractivity contribution is 5.52. The number of hydrogen-bond donors (Lipinski definition) is 0. The zero-order chi connectivity index (χ0) is 8.67. The number of hydrogen-bond acceptors (Lipinski definition) is 0. The molecule has 1 atom stereocenters. The molecule has 1 unspecified atom stereocenters. The molecule has 0 aromatic carbocycles. The Morgan fingerprint density at radius 1 is 1.38 bits per heavy atom. The summed E-state index contributed by atoms with van der Waals surface area (Å²) >= 11 is 0. The van der Waals surface area contributed by atoms with Crippen LogP contribution in [0.4, 0.5) is 0 Å². The predicted octanol–water partition coefficient (Wildman–Crippen LogP) is 3.12. The second kappa shape index (κ2) is 2.59. The Labute approximate surface area is 78.7 Å². The Balaban J connectivity index is 2.12. The summed E-state index contributed by atoms with van der Waals surface area (Å²) in [4.78, 5) is 0. The van der Waals surface area contributed by atoms with E-state index in [-0.39, 0.29) is 0 Å². The molecule has 0 saturated heterocycles. The standard InChI is InChI=1S/C13H11/c1-2-6-12-10(4-1)8-9-11-5-3-7-13(11)12/h1,3-5,7-8,13H,2,6H2. The van der Waals surface area contributed by atoms with Crippen LogP contribution < -0.4 is 0 Å². The number of fused-ring (bicyclic) bond motifs is 2. The predicted molar refractivity (Wildman–Crippen MR) is 53.9 cm³/mol. The van der Waals surface area contributed by atoms with Crippen LogP contribution >= 0.6 is 0 Å². The monoisotopic (exact) mass is 167 g/mol. The fraction of sp³-hybridized carbons (Fsp3) is 0.231. The summed E-state index contributed by atoms with van der Waals surface area (Å²) < 4.78 is 0. The van der Waals surface area contributed by atoms with Crippen molar-refractivity contribution in [3.8, 4) is 0 Å². The lowest BCUT2D eigenvalue weighted by atomic mass is 9.81. The van der Waals surface area contributed by atoms with Crippen molar-refractivity contribution >= 4 is 0 Å². The van der Waals surface area contributed by atoms with Crippen LogP contribution in [0.1, 0.15) is 12.8 Å². The SMILES string of the molecule is [C]1=CC2=C(CCC=C2)C2C=CC=C12. The highest BCUT2D eigenvalue weighted by atomic mass is 14.3. The minimum absolute atomic E-state index is 0.546. The van der Waals surface area contributed by atoms with Crippen molar-refractivity contribution in [2.45, 2.75) is 12.8 Å². The molecule has 63 valence electrons. The summed E-state index contributed by atoms with van der Waals surface area (Å²) in [5, 5.41) is 0. The van der Waals surface area contributed by atoms with Gasteiger partial charge in [0.05, 0.1) is 0 Å². The molecular weight excluding hydrogens is 156 g/mol. The molecule has 0 heterocycles. The Hall–Kier alpha value is -1.30. The van der Waals surface area contributed by atoms with E-state index < -0.39 is 0 Å². The molecule has 1 radical (unpaired) electrons. The van der Waals surface area contributed by atoms with Gasteiger partial charge in [-0.3, -0.25) is 0 Å². The molecule has 0 spiro atoms. The van der Waals surface area contributed by atoms with E-state index in [9.17, 15) is 0 Å². The van der Waals surface area contributed by atoms with Crippen LogP contribution in [0.15, 0.2) is 53.2 Å². The van der Waals surface area contributed by atoms with E-state index >= 15 is 0 Å². The van der Waals surface area contributed by atoms with Crippen molar-refractivity contribution in [2.24, 2.45) is 5.92 Å². The largest absolute Gasteiger partial charge is 0.0836 e. The van der Waals surface area contributed by atoms with E-state index in [1.807, 2.05) is 0 Å². The molecule has 3 aliphatic rings. The topological polar surface area (TPSA) is 0 Å². The zero-order valence-electron chi connectivity index (χ0n) is 7.46. The quantitative estimate of drug-likeness (QED) is 0.520. The normalized spacial score (nSPS) is 28.9. The Morgan fingerprint density at radius 3 is 3.38 bits per heavy atom. The van der Waals surface area contributed by atoms with Gasteiger partial charge >= 0.3 is 0 Å². The molecule has 0 nitrogen and oxygen atoms in total. The summed E-state index contributed by atoms with van der Waals surface area (Å²) in [6.45, 7) is 0. The molecule has 0 heteroatoms. The maximum Gasteiger partial charge on any atom is 0.0246 e. The van der Waals surface area contributed by atoms with Gasteiger partial charge < -0.3 is 0 Å². The smallest absolute Gasteiger partial charge is 0.0246 e. The lowest BCUT2D eigenvalue weighted by Gasteiger charge is -2.23. The second-order valence-corrected chi connectivity index (χ2v) is 3.69. The van der Waals surface area contributed by atoms with E-state index in [0.717, 1.165) is 0 Å². The first-order chi connectivity index (χ1) is 6.45. The summed E-state index contributed by atoms with van der Waals surface area (Å²) in [7, 11) is 0. The summed E-state index contributed by atoms with van der Waals surface area (Å²) in [5.74, 6) is 0.546. The summed E-state index contributed by atoms with van der Waals surface area (Å²) in [5.41, 5.74) is 4.32. The molecule has 3 aliphatic carbocycles. The van der Waals surface area contributed by atoms with Gasteiger partial charge in [0.1, 0.15) is 0 Å². The first-order valence-electron chi connectivity index (χ1n) is 4.83. The van der Waals surface area contributed by atoms with Crippen LogP contribution in [0.25, 0.3) is 0 Å². The molecule has 0 bridgehead atoms. The van der Waals surface area contributed by atoms with Gasteiger partial charge in [-0.2, -0.15) is 0 Å². The average Bonchev–Trinajstić information content (AvgIpc) is 2.65. The summed E-state index contributed by atoms with van der Waals surface area (Å²) in [6, 6.07) is 0. The van der Waals surface area contributed by atoms with E-state index in [4.69, 9.17) is 0 Å². The van der Waals surface area contributed by atoms with E-state index in [0.29, 0.717) is 5.92 Å². The summed E-state index contributed by atoms with van der Waals surface area (Å²) in [6.07, 6.45) is 19.0. The number of rotatable bonds is 0. The van der Waals surface area contributed by atoms with Gasteiger partial charge in [-0.05, 0) is 36.1 Å². The van der Waals surface area contributed by atoms with Gasteiger partial charge in [0, 0.05) is 5.92 Å². The van der Waals surface area contributed by atoms with Crippen LogP contribution in [0.3, 0.4) is 0 Å². The lowest BCUT2D eigenvalue weighted by Crippen LogP contribution is -2.09. The molecule has 0 aromatic rings. The highest BCUT2D eigenvalue weighted by Gasteiger charge is 2.23. The van der Waals surface area contributed by atoms with E-state index in [1.165, 1.54) is 24.0 Å². The minimum atomic E-state index is 0.546. The van der Waals surface area contributed by atoms with E-state index in [2.05, 4.69) is 42.5 Å². The van der Waals surface area contributed by atoms with Gasteiger partial charge in [0.25, 0.3) is 0 Å². The zero-order valence-corrected chi connectivity index (χ0v) is 7.46. The van der Waals surface area contributed by atoms with Gasteiger partial charge in [-0.25, -0.2) is 0 Å². The third kappa shape index (κ3) is 0.983. The number of allylic oxidation sites excluding steroid dienone is 10. The van der Waals surface area contributed by atoms with Crippen molar-refractivity contribution in [3.63, 3.8) is 0 Å². The van der Waals surface area contributed by atoms with Crippen LogP contribution in [-0.2, 0) is 0 Å². The first-order valence-corrected chi connectivity index (χ1v) is 4.83. The van der Waals surface area contributed by atoms with Crippen molar-refractivity contribution < 1.29 is 0 Å². The van der Waals surface area contributed by atoms with Gasteiger partial charge in [0.15, 0.2) is 0 Å². The molecule has 13 heavy (non-hydrogen) atoms. The molecule has 0 aromatic heterocycles. The maximum absolute atomic E-state index is 3.34. The van der Waals surface area contributed by atoms with Crippen molar-refractivity contribution in [1.82, 2.24) is 0 Å². The van der Waals surface area contributed by atoms with Crippen LogP contribution in [0.2, 0.25) is 0 Å². The minimum Gasteiger partial charge on any atom is -0.0836 e. The third-order valence-corrected chi connectivity index (χ3v) is 2.93. The van der Waals surface area contributed by atoms with Gasteiger partial charge in [-0.1, -0.05) is 36.0 Å². The average molecular weight is 167 g/mol. The Bertz CT molecular complexity index is 386. The molecule has 3 rings (SSSR count). The maximum atomic E-state index is 3.34. The Kier molecular flexibility index (Phi) is 1.42. The molecule has 0 saturated carbocycles. The first kappa shape index (κ1) is 7.14. The second-order valence-electron chi connectivity index (χ2n) is 3.69. The lowest BCUT2D eigenvalue weighted by molar-refractivity contribution is 0.796. The van der Waals surface area contributed by atoms with Crippen molar-refractivity contribution in [2.75, 3.05) is 0 Å². The molecule has 0 N–H and O–H groups in total. The van der Waals surface area contributed by atoms with Crippen LogP contribution in [0.5, 0.6) is 0 Å². The molecule has 0 fully saturated rings. The van der Waals surface area contributed by atoms with E-state index in [1.54, 1.807) is 5.57 Å². The van der Waals surface area contributed by atoms with Gasteiger partial charge in [0.2, 0.25) is 0 Å². The Morgan fingerprint density at radius 2 is 2.38 bits per heavy atom. The van der Waals surface area contributed by atoms with Crippen LogP contribution in [0, 0.1) is 12.0 Å². The van der Waals surface area contributed by atoms with Crippen molar-refractivity contribution in [3.05, 3.63) is 59.3 Å². The van der Waals surface area contributed by atoms with Crippen LogP contribution in [-0.4, -0.2) is 0 Å². The fourth-order valence-corrected chi connectivity index (χ4v) is 2.26. The molecule has 0 amide bonds. The molecular formula is C13H11. The third-order valence-electron chi connectivity index (χ3n) is 2.93. The molecule has 0 aliphatic heterocycles. The van der Waals surface area contributed by atoms with Gasteiger partial charge in [-0.15, -0.1) is 0 Å². The van der Waals surface area contributed by atoms with Crippen molar-refractivity contribution in [1.29, 1.82) is 0 Å². The fourth-order valence-electron chi connectivity index (χ4n) is 2.26.